The van der Waals surface area contributed by atoms with Gasteiger partial charge in [-0.3, -0.25) is 24.0 Å². The SMILES string of the molecule is C[C@@H]1C[C@@H](CC(NC(=O)c2cc(Cl)ccc2NC(=O)C2CC2)C(=O)C(=O)NC2CC2)C(=O)N1. The number of amides is 4. The third kappa shape index (κ3) is 5.90. The molecule has 1 aliphatic heterocycles. The van der Waals surface area contributed by atoms with Crippen LogP contribution in [0.3, 0.4) is 0 Å². The molecule has 9 nitrogen and oxygen atoms in total. The third-order valence-corrected chi connectivity index (χ3v) is 6.34. The maximum Gasteiger partial charge on any atom is 0.289 e. The van der Waals surface area contributed by atoms with Gasteiger partial charge in [0.2, 0.25) is 17.6 Å². The van der Waals surface area contributed by atoms with E-state index < -0.39 is 29.6 Å². The first-order valence-electron chi connectivity index (χ1n) is 11.3. The van der Waals surface area contributed by atoms with Crippen molar-refractivity contribution < 1.29 is 24.0 Å². The molecule has 0 radical (unpaired) electrons. The summed E-state index contributed by atoms with van der Waals surface area (Å²) in [6.45, 7) is 1.86. The number of ketones is 1. The van der Waals surface area contributed by atoms with Gasteiger partial charge < -0.3 is 21.3 Å². The molecular weight excluding hydrogens is 448 g/mol. The van der Waals surface area contributed by atoms with Crippen molar-refractivity contribution >= 4 is 46.7 Å². The van der Waals surface area contributed by atoms with Gasteiger partial charge in [-0.1, -0.05) is 11.6 Å². The smallest absolute Gasteiger partial charge is 0.289 e. The van der Waals surface area contributed by atoms with Crippen molar-refractivity contribution in [2.75, 3.05) is 5.32 Å². The minimum absolute atomic E-state index is 0.00314. The lowest BCUT2D eigenvalue weighted by molar-refractivity contribution is -0.139. The highest BCUT2D eigenvalue weighted by Gasteiger charge is 2.38. The van der Waals surface area contributed by atoms with Gasteiger partial charge in [0.25, 0.3) is 11.8 Å². The summed E-state index contributed by atoms with van der Waals surface area (Å²) in [4.78, 5) is 63.0. The van der Waals surface area contributed by atoms with Crippen LogP contribution in [0.15, 0.2) is 18.2 Å². The number of anilines is 1. The first-order valence-corrected chi connectivity index (χ1v) is 11.7. The Morgan fingerprint density at radius 3 is 2.48 bits per heavy atom. The quantitative estimate of drug-likeness (QED) is 0.403. The van der Waals surface area contributed by atoms with Crippen LogP contribution >= 0.6 is 11.6 Å². The van der Waals surface area contributed by atoms with E-state index in [2.05, 4.69) is 21.3 Å². The van der Waals surface area contributed by atoms with Gasteiger partial charge in [-0.05, 0) is 63.6 Å². The van der Waals surface area contributed by atoms with Gasteiger partial charge in [-0.25, -0.2) is 0 Å². The molecule has 4 N–H and O–H groups in total. The zero-order valence-electron chi connectivity index (χ0n) is 18.3. The highest BCUT2D eigenvalue weighted by Crippen LogP contribution is 2.31. The van der Waals surface area contributed by atoms with Gasteiger partial charge in [-0.2, -0.15) is 0 Å². The lowest BCUT2D eigenvalue weighted by Gasteiger charge is -2.21. The van der Waals surface area contributed by atoms with Crippen molar-refractivity contribution in [3.63, 3.8) is 0 Å². The molecule has 10 heteroatoms. The predicted molar refractivity (Wildman–Crippen MR) is 121 cm³/mol. The largest absolute Gasteiger partial charge is 0.353 e. The molecule has 2 aliphatic carbocycles. The van der Waals surface area contributed by atoms with E-state index in [1.54, 1.807) is 6.07 Å². The molecular formula is C23H27ClN4O5. The number of carbonyl (C=O) groups excluding carboxylic acids is 5. The molecule has 4 amide bonds. The third-order valence-electron chi connectivity index (χ3n) is 6.11. The lowest BCUT2D eigenvalue weighted by atomic mass is 9.93. The summed E-state index contributed by atoms with van der Waals surface area (Å²) >= 11 is 6.08. The summed E-state index contributed by atoms with van der Waals surface area (Å²) in [5, 5.41) is 11.1. The highest BCUT2D eigenvalue weighted by molar-refractivity contribution is 6.38. The Morgan fingerprint density at radius 2 is 1.88 bits per heavy atom. The summed E-state index contributed by atoms with van der Waals surface area (Å²) in [7, 11) is 0. The zero-order chi connectivity index (χ0) is 23.7. The topological polar surface area (TPSA) is 133 Å². The number of nitrogens with one attached hydrogen (secondary N) is 4. The van der Waals surface area contributed by atoms with E-state index in [9.17, 15) is 24.0 Å². The molecule has 4 rings (SSSR count). The first kappa shape index (κ1) is 23.2. The van der Waals surface area contributed by atoms with Crippen molar-refractivity contribution in [2.24, 2.45) is 11.8 Å². The van der Waals surface area contributed by atoms with Gasteiger partial charge in [0, 0.05) is 28.9 Å². The molecule has 3 atom stereocenters. The van der Waals surface area contributed by atoms with Gasteiger partial charge in [0.15, 0.2) is 0 Å². The maximum atomic E-state index is 13.2. The zero-order valence-corrected chi connectivity index (χ0v) is 19.0. The van der Waals surface area contributed by atoms with E-state index in [0.29, 0.717) is 6.42 Å². The molecule has 1 aromatic rings. The predicted octanol–water partition coefficient (Wildman–Crippen LogP) is 1.55. The molecule has 33 heavy (non-hydrogen) atoms. The monoisotopic (exact) mass is 474 g/mol. The van der Waals surface area contributed by atoms with Crippen molar-refractivity contribution in [1.82, 2.24) is 16.0 Å². The van der Waals surface area contributed by atoms with Crippen LogP contribution in [0.4, 0.5) is 5.69 Å². The highest BCUT2D eigenvalue weighted by atomic mass is 35.5. The molecule has 3 fully saturated rings. The van der Waals surface area contributed by atoms with Gasteiger partial charge in [-0.15, -0.1) is 0 Å². The van der Waals surface area contributed by atoms with Crippen LogP contribution in [0.1, 0.15) is 55.8 Å². The molecule has 176 valence electrons. The number of carbonyl (C=O) groups is 5. The van der Waals surface area contributed by atoms with E-state index in [1.165, 1.54) is 12.1 Å². The van der Waals surface area contributed by atoms with Crippen LogP contribution in [0, 0.1) is 11.8 Å². The van der Waals surface area contributed by atoms with Crippen LogP contribution in [0.2, 0.25) is 5.02 Å². The standard InChI is InChI=1S/C23H27ClN4O5/c1-11-8-13(21(31)25-11)9-18(19(29)23(33)26-15-5-6-15)28-22(32)16-10-14(24)4-7-17(16)27-20(30)12-2-3-12/h4,7,10-13,15,18H,2-3,5-6,8-9H2,1H3,(H,25,31)(H,26,33)(H,27,30)(H,28,32)/t11-,13+,18?/m1/s1. The fourth-order valence-electron chi connectivity index (χ4n) is 3.94. The number of Topliss-reactive ketones (excluding diaryl/α,β-unsaturated/α-hetero) is 1. The molecule has 0 aromatic heterocycles. The van der Waals surface area contributed by atoms with Crippen LogP contribution in [-0.2, 0) is 19.2 Å². The Hall–Kier alpha value is -2.94. The summed E-state index contributed by atoms with van der Waals surface area (Å²) < 4.78 is 0. The number of hydrogen-bond donors (Lipinski definition) is 4. The van der Waals surface area contributed by atoms with Crippen LogP contribution < -0.4 is 21.3 Å². The summed E-state index contributed by atoms with van der Waals surface area (Å²) in [5.41, 5.74) is 0.357. The Bertz CT molecular complexity index is 1000. The van der Waals surface area contributed by atoms with Gasteiger partial charge in [0.1, 0.15) is 0 Å². The number of rotatable bonds is 9. The molecule has 0 spiro atoms. The Kier molecular flexibility index (Phi) is 6.69. The van der Waals surface area contributed by atoms with E-state index in [-0.39, 0.29) is 52.5 Å². The Morgan fingerprint density at radius 1 is 1.15 bits per heavy atom. The van der Waals surface area contributed by atoms with Gasteiger partial charge in [0.05, 0.1) is 17.3 Å². The van der Waals surface area contributed by atoms with Crippen molar-refractivity contribution in [3.8, 4) is 0 Å². The molecule has 1 unspecified atom stereocenters. The fourth-order valence-corrected chi connectivity index (χ4v) is 4.12. The number of halogens is 1. The van der Waals surface area contributed by atoms with Gasteiger partial charge >= 0.3 is 0 Å². The molecule has 2 saturated carbocycles. The molecule has 0 bridgehead atoms. The molecule has 1 saturated heterocycles. The second-order valence-corrected chi connectivity index (χ2v) is 9.61. The van der Waals surface area contributed by atoms with Crippen LogP contribution in [0.25, 0.3) is 0 Å². The van der Waals surface area contributed by atoms with E-state index in [0.717, 1.165) is 25.7 Å². The lowest BCUT2D eigenvalue weighted by Crippen LogP contribution is -2.49. The van der Waals surface area contributed by atoms with Crippen LogP contribution in [0.5, 0.6) is 0 Å². The second kappa shape index (κ2) is 9.51. The average molecular weight is 475 g/mol. The summed E-state index contributed by atoms with van der Waals surface area (Å²) in [5.74, 6) is -3.20. The second-order valence-electron chi connectivity index (χ2n) is 9.17. The van der Waals surface area contributed by atoms with Crippen molar-refractivity contribution in [3.05, 3.63) is 28.8 Å². The molecule has 3 aliphatic rings. The maximum absolute atomic E-state index is 13.2. The average Bonchev–Trinajstić information content (AvgIpc) is 3.67. The first-order chi connectivity index (χ1) is 15.7. The molecule has 1 heterocycles. The van der Waals surface area contributed by atoms with Crippen molar-refractivity contribution in [2.45, 2.75) is 63.6 Å². The van der Waals surface area contributed by atoms with Crippen LogP contribution in [-0.4, -0.2) is 47.5 Å². The minimum atomic E-state index is -1.19. The van der Waals surface area contributed by atoms with Crippen molar-refractivity contribution in [1.29, 1.82) is 0 Å². The Balaban J connectivity index is 1.53. The summed E-state index contributed by atoms with van der Waals surface area (Å²) in [6.07, 6.45) is 3.73. The fraction of sp³-hybridized carbons (Fsp3) is 0.522. The van der Waals surface area contributed by atoms with E-state index in [1.807, 2.05) is 6.92 Å². The summed E-state index contributed by atoms with van der Waals surface area (Å²) in [6, 6.07) is 3.21. The number of hydrogen-bond acceptors (Lipinski definition) is 5. The normalized spacial score (nSPS) is 22.8. The Labute approximate surface area is 196 Å². The number of benzene rings is 1. The minimum Gasteiger partial charge on any atom is -0.353 e. The molecule has 1 aromatic carbocycles. The van der Waals surface area contributed by atoms with E-state index in [4.69, 9.17) is 11.6 Å². The van der Waals surface area contributed by atoms with E-state index >= 15 is 0 Å².